The van der Waals surface area contributed by atoms with Crippen molar-refractivity contribution in [1.29, 1.82) is 0 Å². The minimum Gasteiger partial charge on any atom is -0.353 e. The van der Waals surface area contributed by atoms with Gasteiger partial charge in [0.15, 0.2) is 0 Å². The van der Waals surface area contributed by atoms with E-state index in [9.17, 15) is 4.79 Å². The number of unbranched alkanes of at least 4 members (excludes halogenated alkanes) is 1. The van der Waals surface area contributed by atoms with Crippen LogP contribution in [0.5, 0.6) is 0 Å². The molecule has 0 saturated heterocycles. The number of hydrogen-bond donors (Lipinski definition) is 1. The van der Waals surface area contributed by atoms with Crippen molar-refractivity contribution in [2.75, 3.05) is 0 Å². The van der Waals surface area contributed by atoms with Gasteiger partial charge in [0.25, 0.3) is 0 Å². The Morgan fingerprint density at radius 1 is 1.36 bits per heavy atom. The third-order valence-electron chi connectivity index (χ3n) is 3.23. The van der Waals surface area contributed by atoms with Gasteiger partial charge in [-0.05, 0) is 25.2 Å². The monoisotopic (exact) mass is 197 g/mol. The summed E-state index contributed by atoms with van der Waals surface area (Å²) in [6.45, 7) is 3.86. The fourth-order valence-corrected chi connectivity index (χ4v) is 2.47. The number of carbonyl (C=O) groups excluding carboxylic acids is 1. The lowest BCUT2D eigenvalue weighted by Gasteiger charge is -2.32. The summed E-state index contributed by atoms with van der Waals surface area (Å²) in [5.41, 5.74) is 0. The largest absolute Gasteiger partial charge is 0.353 e. The van der Waals surface area contributed by atoms with E-state index in [4.69, 9.17) is 0 Å². The summed E-state index contributed by atoms with van der Waals surface area (Å²) >= 11 is 0. The number of amides is 1. The molecular weight excluding hydrogens is 174 g/mol. The van der Waals surface area contributed by atoms with Crippen LogP contribution in [0.15, 0.2) is 0 Å². The van der Waals surface area contributed by atoms with Gasteiger partial charge in [-0.3, -0.25) is 4.79 Å². The van der Waals surface area contributed by atoms with Gasteiger partial charge in [0.2, 0.25) is 5.91 Å². The first-order chi connectivity index (χ1) is 6.74. The quantitative estimate of drug-likeness (QED) is 0.737. The number of hydrogen-bond acceptors (Lipinski definition) is 1. The molecule has 1 N–H and O–H groups in total. The van der Waals surface area contributed by atoms with E-state index in [2.05, 4.69) is 12.2 Å². The normalized spacial score (nSPS) is 27.3. The molecule has 1 amide bonds. The fraction of sp³-hybridized carbons (Fsp3) is 0.917. The molecule has 0 radical (unpaired) electrons. The Morgan fingerprint density at radius 3 is 2.71 bits per heavy atom. The highest BCUT2D eigenvalue weighted by atomic mass is 16.1. The molecule has 1 saturated carbocycles. The van der Waals surface area contributed by atoms with Crippen LogP contribution in [-0.2, 0) is 4.79 Å². The molecule has 0 aliphatic heterocycles. The summed E-state index contributed by atoms with van der Waals surface area (Å²) in [7, 11) is 0. The molecule has 1 fully saturated rings. The lowest BCUT2D eigenvalue weighted by atomic mass is 9.81. The molecule has 1 rings (SSSR count). The summed E-state index contributed by atoms with van der Waals surface area (Å²) in [5, 5.41) is 3.10. The first-order valence-corrected chi connectivity index (χ1v) is 6.01. The molecule has 1 aliphatic carbocycles. The smallest absolute Gasteiger partial charge is 0.217 e. The molecule has 2 nitrogen and oxygen atoms in total. The Bertz CT molecular complexity index is 179. The second-order valence-electron chi connectivity index (χ2n) is 4.49. The van der Waals surface area contributed by atoms with Gasteiger partial charge in [-0.2, -0.15) is 0 Å². The zero-order chi connectivity index (χ0) is 10.4. The van der Waals surface area contributed by atoms with Crippen LogP contribution in [0.3, 0.4) is 0 Å². The standard InChI is InChI=1S/C12H23NO/c1-3-4-7-11-8-5-6-9-12(11)13-10(2)14/h11-12H,3-9H2,1-2H3,(H,13,14). The number of carbonyl (C=O) groups is 1. The maximum absolute atomic E-state index is 11.0. The van der Waals surface area contributed by atoms with Gasteiger partial charge in [-0.15, -0.1) is 0 Å². The van der Waals surface area contributed by atoms with Crippen molar-refractivity contribution in [1.82, 2.24) is 5.32 Å². The molecular formula is C12H23NO. The molecule has 0 heterocycles. The Labute approximate surface area is 87.5 Å². The third-order valence-corrected chi connectivity index (χ3v) is 3.23. The van der Waals surface area contributed by atoms with Crippen molar-refractivity contribution in [3.8, 4) is 0 Å². The van der Waals surface area contributed by atoms with Gasteiger partial charge in [0.05, 0.1) is 0 Å². The van der Waals surface area contributed by atoms with Crippen molar-refractivity contribution < 1.29 is 4.79 Å². The number of rotatable bonds is 4. The average molecular weight is 197 g/mol. The highest BCUT2D eigenvalue weighted by molar-refractivity contribution is 5.73. The van der Waals surface area contributed by atoms with E-state index in [0.29, 0.717) is 6.04 Å². The first-order valence-electron chi connectivity index (χ1n) is 6.01. The van der Waals surface area contributed by atoms with E-state index >= 15 is 0 Å². The summed E-state index contributed by atoms with van der Waals surface area (Å²) in [5.74, 6) is 0.881. The Balaban J connectivity index is 2.37. The van der Waals surface area contributed by atoms with Crippen LogP contribution in [0.4, 0.5) is 0 Å². The van der Waals surface area contributed by atoms with Crippen molar-refractivity contribution in [2.45, 2.75) is 64.8 Å². The van der Waals surface area contributed by atoms with Crippen molar-refractivity contribution in [2.24, 2.45) is 5.92 Å². The van der Waals surface area contributed by atoms with Crippen molar-refractivity contribution >= 4 is 5.91 Å². The minimum absolute atomic E-state index is 0.137. The van der Waals surface area contributed by atoms with Crippen LogP contribution in [0.2, 0.25) is 0 Å². The zero-order valence-electron chi connectivity index (χ0n) is 9.51. The summed E-state index contributed by atoms with van der Waals surface area (Å²) in [6.07, 6.45) is 9.00. The first kappa shape index (κ1) is 11.5. The molecule has 82 valence electrons. The predicted molar refractivity (Wildman–Crippen MR) is 59.1 cm³/mol. The van der Waals surface area contributed by atoms with E-state index in [0.717, 1.165) is 5.92 Å². The van der Waals surface area contributed by atoms with E-state index in [-0.39, 0.29) is 5.91 Å². The summed E-state index contributed by atoms with van der Waals surface area (Å²) in [4.78, 5) is 11.0. The fourth-order valence-electron chi connectivity index (χ4n) is 2.47. The van der Waals surface area contributed by atoms with Crippen LogP contribution < -0.4 is 5.32 Å². The summed E-state index contributed by atoms with van der Waals surface area (Å²) < 4.78 is 0. The van der Waals surface area contributed by atoms with Gasteiger partial charge in [-0.25, -0.2) is 0 Å². The molecule has 0 bridgehead atoms. The van der Waals surface area contributed by atoms with Crippen LogP contribution in [-0.4, -0.2) is 11.9 Å². The van der Waals surface area contributed by atoms with E-state index < -0.39 is 0 Å². The molecule has 2 heteroatoms. The van der Waals surface area contributed by atoms with Crippen LogP contribution in [0.1, 0.15) is 58.8 Å². The number of nitrogens with one attached hydrogen (secondary N) is 1. The lowest BCUT2D eigenvalue weighted by molar-refractivity contribution is -0.120. The van der Waals surface area contributed by atoms with Crippen LogP contribution >= 0.6 is 0 Å². The van der Waals surface area contributed by atoms with Crippen LogP contribution in [0.25, 0.3) is 0 Å². The average Bonchev–Trinajstić information content (AvgIpc) is 2.16. The van der Waals surface area contributed by atoms with Gasteiger partial charge in [0, 0.05) is 13.0 Å². The van der Waals surface area contributed by atoms with E-state index in [1.54, 1.807) is 6.92 Å². The molecule has 14 heavy (non-hydrogen) atoms. The Morgan fingerprint density at radius 2 is 2.07 bits per heavy atom. The molecule has 0 spiro atoms. The molecule has 2 atom stereocenters. The van der Waals surface area contributed by atoms with Crippen LogP contribution in [0, 0.1) is 5.92 Å². The summed E-state index contributed by atoms with van der Waals surface area (Å²) in [6, 6.07) is 0.466. The highest BCUT2D eigenvalue weighted by Crippen LogP contribution is 2.28. The lowest BCUT2D eigenvalue weighted by Crippen LogP contribution is -2.41. The minimum atomic E-state index is 0.137. The third kappa shape index (κ3) is 3.69. The predicted octanol–water partition coefficient (Wildman–Crippen LogP) is 2.87. The van der Waals surface area contributed by atoms with Crippen molar-refractivity contribution in [3.05, 3.63) is 0 Å². The highest BCUT2D eigenvalue weighted by Gasteiger charge is 2.24. The topological polar surface area (TPSA) is 29.1 Å². The molecule has 2 unspecified atom stereocenters. The molecule has 0 aromatic heterocycles. The molecule has 1 aliphatic rings. The van der Waals surface area contributed by atoms with Crippen molar-refractivity contribution in [3.63, 3.8) is 0 Å². The van der Waals surface area contributed by atoms with Gasteiger partial charge in [0.1, 0.15) is 0 Å². The van der Waals surface area contributed by atoms with E-state index in [1.165, 1.54) is 44.9 Å². The zero-order valence-corrected chi connectivity index (χ0v) is 9.51. The van der Waals surface area contributed by atoms with E-state index in [1.807, 2.05) is 0 Å². The van der Waals surface area contributed by atoms with Gasteiger partial charge in [-0.1, -0.05) is 32.6 Å². The Hall–Kier alpha value is -0.530. The Kier molecular flexibility index (Phi) is 4.99. The maximum atomic E-state index is 11.0. The SMILES string of the molecule is CCCCC1CCCCC1NC(C)=O. The second-order valence-corrected chi connectivity index (χ2v) is 4.49. The molecule has 0 aromatic rings. The second kappa shape index (κ2) is 6.05. The van der Waals surface area contributed by atoms with Gasteiger partial charge >= 0.3 is 0 Å². The molecule has 0 aromatic carbocycles. The van der Waals surface area contributed by atoms with Gasteiger partial charge < -0.3 is 5.32 Å². The maximum Gasteiger partial charge on any atom is 0.217 e.